The summed E-state index contributed by atoms with van der Waals surface area (Å²) in [6.45, 7) is 6.08. The summed E-state index contributed by atoms with van der Waals surface area (Å²) in [6, 6.07) is 20.3. The Hall–Kier alpha value is -4.71. The van der Waals surface area contributed by atoms with Crippen LogP contribution in [0.15, 0.2) is 89.5 Å². The number of amides is 2. The van der Waals surface area contributed by atoms with Gasteiger partial charge in [-0.1, -0.05) is 56.3 Å². The summed E-state index contributed by atoms with van der Waals surface area (Å²) in [7, 11) is 0. The first kappa shape index (κ1) is 29.8. The van der Waals surface area contributed by atoms with E-state index in [1.165, 1.54) is 52.2 Å². The van der Waals surface area contributed by atoms with Crippen molar-refractivity contribution in [3.8, 4) is 28.5 Å². The smallest absolute Gasteiger partial charge is 0.406 e. The number of thiazole rings is 1. The molecule has 2 aromatic heterocycles. The number of carbonyl (C=O) groups is 1. The summed E-state index contributed by atoms with van der Waals surface area (Å²) < 4.78 is 44.7. The van der Waals surface area contributed by atoms with Crippen molar-refractivity contribution < 1.29 is 22.7 Å². The van der Waals surface area contributed by atoms with Crippen LogP contribution < -0.4 is 14.9 Å². The number of alkyl halides is 3. The van der Waals surface area contributed by atoms with Crippen molar-refractivity contribution in [3.63, 3.8) is 0 Å². The highest BCUT2D eigenvalue weighted by Gasteiger charge is 2.31. The topological polar surface area (TPSA) is 86.3 Å². The normalized spacial score (nSPS) is 12.7. The van der Waals surface area contributed by atoms with Gasteiger partial charge >= 0.3 is 12.4 Å². The third kappa shape index (κ3) is 7.03. The Morgan fingerprint density at radius 1 is 1.05 bits per heavy atom. The molecule has 5 rings (SSSR count). The molecule has 222 valence electrons. The lowest BCUT2D eigenvalue weighted by molar-refractivity contribution is -0.274. The van der Waals surface area contributed by atoms with Crippen LogP contribution in [0.2, 0.25) is 0 Å². The second kappa shape index (κ2) is 12.7. The summed E-state index contributed by atoms with van der Waals surface area (Å²) in [4.78, 5) is 22.4. The van der Waals surface area contributed by atoms with Crippen LogP contribution >= 0.6 is 11.3 Å². The van der Waals surface area contributed by atoms with Crippen LogP contribution in [-0.2, 0) is 6.42 Å². The largest absolute Gasteiger partial charge is 0.573 e. The van der Waals surface area contributed by atoms with Crippen LogP contribution in [0.5, 0.6) is 5.75 Å². The van der Waals surface area contributed by atoms with E-state index in [0.29, 0.717) is 22.7 Å². The van der Waals surface area contributed by atoms with Crippen molar-refractivity contribution in [1.29, 1.82) is 0 Å². The Bertz CT molecular complexity index is 1770. The average Bonchev–Trinajstić information content (AvgIpc) is 3.62. The number of para-hydroxylation sites is 1. The summed E-state index contributed by atoms with van der Waals surface area (Å²) >= 11 is 1.42. The fraction of sp³-hybridized carbons (Fsp3) is 0.226. The van der Waals surface area contributed by atoms with Crippen LogP contribution in [0.4, 0.5) is 18.0 Å². The lowest BCUT2D eigenvalue weighted by atomic mass is 10.0. The van der Waals surface area contributed by atoms with E-state index in [4.69, 9.17) is 0 Å². The maximum absolute atomic E-state index is 13.0. The van der Waals surface area contributed by atoms with Gasteiger partial charge in [0.1, 0.15) is 12.1 Å². The molecule has 43 heavy (non-hydrogen) atoms. The molecule has 0 spiro atoms. The van der Waals surface area contributed by atoms with Crippen molar-refractivity contribution in [2.45, 2.75) is 46.0 Å². The van der Waals surface area contributed by atoms with Crippen LogP contribution in [0.25, 0.3) is 22.8 Å². The predicted molar refractivity (Wildman–Crippen MR) is 158 cm³/mol. The van der Waals surface area contributed by atoms with E-state index in [1.54, 1.807) is 0 Å². The van der Waals surface area contributed by atoms with E-state index in [0.717, 1.165) is 28.9 Å². The standard InChI is InChI=1S/C31H29F3N6O2S/c1-4-21-8-6-7-9-27(21)40-20(3)18-43-30(40)37-29(41)36-26(5-2)22-10-12-23(13-11-22)28-35-19-39(38-28)24-14-16-25(17-15-24)42-31(32,33)34/h6-19,26H,4-5H2,1-3H3,(H,36,41). The number of nitrogens with one attached hydrogen (secondary N) is 1. The molecule has 8 nitrogen and oxygen atoms in total. The molecular weight excluding hydrogens is 577 g/mol. The minimum Gasteiger partial charge on any atom is -0.406 e. The molecule has 1 N–H and O–H groups in total. The number of nitrogens with zero attached hydrogens (tertiary/aromatic N) is 5. The number of benzene rings is 3. The van der Waals surface area contributed by atoms with Gasteiger partial charge in [0.2, 0.25) is 0 Å². The Kier molecular flexibility index (Phi) is 8.76. The van der Waals surface area contributed by atoms with Crippen LogP contribution in [-0.4, -0.2) is 31.7 Å². The Morgan fingerprint density at radius 2 is 1.77 bits per heavy atom. The SMILES string of the molecule is CCc1ccccc1-n1c(C)csc1=NC(=O)NC(CC)c1ccc(-c2ncn(-c3ccc(OC(F)(F)F)cc3)n2)cc1. The summed E-state index contributed by atoms with van der Waals surface area (Å²) in [5, 5.41) is 9.46. The molecular formula is C31H29F3N6O2S. The lowest BCUT2D eigenvalue weighted by Crippen LogP contribution is -2.28. The number of halogens is 3. The quantitative estimate of drug-likeness (QED) is 0.201. The zero-order chi connectivity index (χ0) is 30.6. The second-order valence-corrected chi connectivity index (χ2v) is 10.5. The molecule has 0 aliphatic rings. The van der Waals surface area contributed by atoms with E-state index in [-0.39, 0.29) is 11.8 Å². The highest BCUT2D eigenvalue weighted by atomic mass is 32.1. The van der Waals surface area contributed by atoms with Gasteiger partial charge in [-0.05, 0) is 61.2 Å². The monoisotopic (exact) mass is 606 g/mol. The molecule has 5 aromatic rings. The van der Waals surface area contributed by atoms with Gasteiger partial charge in [-0.2, -0.15) is 4.99 Å². The number of ether oxygens (including phenoxy) is 1. The Morgan fingerprint density at radius 3 is 2.44 bits per heavy atom. The van der Waals surface area contributed by atoms with Crippen LogP contribution in [0.3, 0.4) is 0 Å². The van der Waals surface area contributed by atoms with E-state index >= 15 is 0 Å². The van der Waals surface area contributed by atoms with Gasteiger partial charge in [0.25, 0.3) is 0 Å². The van der Waals surface area contributed by atoms with Gasteiger partial charge in [0, 0.05) is 16.6 Å². The molecule has 0 saturated carbocycles. The number of carbonyl (C=O) groups excluding carboxylic acids is 1. The van der Waals surface area contributed by atoms with Gasteiger partial charge < -0.3 is 10.1 Å². The fourth-order valence-corrected chi connectivity index (χ4v) is 5.53. The molecule has 0 aliphatic heterocycles. The van der Waals surface area contributed by atoms with Crippen molar-refractivity contribution >= 4 is 17.4 Å². The van der Waals surface area contributed by atoms with E-state index in [1.807, 2.05) is 66.3 Å². The lowest BCUT2D eigenvalue weighted by Gasteiger charge is -2.16. The number of aryl methyl sites for hydroxylation is 2. The van der Waals surface area contributed by atoms with E-state index in [2.05, 4.69) is 38.1 Å². The molecule has 0 saturated heterocycles. The number of hydrogen-bond donors (Lipinski definition) is 1. The third-order valence-electron chi connectivity index (χ3n) is 6.79. The minimum absolute atomic E-state index is 0.259. The van der Waals surface area contributed by atoms with Crippen molar-refractivity contribution in [2.24, 2.45) is 4.99 Å². The van der Waals surface area contributed by atoms with Gasteiger partial charge in [0.05, 0.1) is 17.4 Å². The van der Waals surface area contributed by atoms with Crippen molar-refractivity contribution in [2.75, 3.05) is 0 Å². The van der Waals surface area contributed by atoms with E-state index in [9.17, 15) is 18.0 Å². The molecule has 1 unspecified atom stereocenters. The van der Waals surface area contributed by atoms with Gasteiger partial charge in [-0.25, -0.2) is 14.5 Å². The zero-order valence-corrected chi connectivity index (χ0v) is 24.5. The van der Waals surface area contributed by atoms with Crippen LogP contribution in [0, 0.1) is 6.92 Å². The van der Waals surface area contributed by atoms with E-state index < -0.39 is 12.4 Å². The average molecular weight is 607 g/mol. The second-order valence-electron chi connectivity index (χ2n) is 9.68. The minimum atomic E-state index is -4.75. The number of aromatic nitrogens is 4. The Balaban J connectivity index is 1.30. The van der Waals surface area contributed by atoms with Crippen LogP contribution in [0.1, 0.15) is 43.1 Å². The first-order valence-electron chi connectivity index (χ1n) is 13.6. The highest BCUT2D eigenvalue weighted by molar-refractivity contribution is 7.07. The van der Waals surface area contributed by atoms with Crippen molar-refractivity contribution in [1.82, 2.24) is 24.6 Å². The number of rotatable bonds is 8. The number of hydrogen-bond acceptors (Lipinski definition) is 5. The zero-order valence-electron chi connectivity index (χ0n) is 23.7. The summed E-state index contributed by atoms with van der Waals surface area (Å²) in [5.41, 5.74) is 5.37. The Labute approximate surface area is 250 Å². The maximum atomic E-state index is 13.0. The molecule has 12 heteroatoms. The first-order valence-corrected chi connectivity index (χ1v) is 14.5. The summed E-state index contributed by atoms with van der Waals surface area (Å²) in [6.07, 6.45) is -1.75. The molecule has 0 aliphatic carbocycles. The molecule has 0 bridgehead atoms. The highest BCUT2D eigenvalue weighted by Crippen LogP contribution is 2.25. The fourth-order valence-electron chi connectivity index (χ4n) is 4.67. The first-order chi connectivity index (χ1) is 20.6. The molecule has 3 aromatic carbocycles. The maximum Gasteiger partial charge on any atom is 0.573 e. The van der Waals surface area contributed by atoms with Crippen molar-refractivity contribution in [3.05, 3.63) is 106 Å². The van der Waals surface area contributed by atoms with Gasteiger partial charge in [-0.3, -0.25) is 4.57 Å². The molecule has 0 radical (unpaired) electrons. The van der Waals surface area contributed by atoms with Gasteiger partial charge in [0.15, 0.2) is 10.6 Å². The summed E-state index contributed by atoms with van der Waals surface area (Å²) in [5.74, 6) is 0.128. The third-order valence-corrected chi connectivity index (χ3v) is 7.74. The molecule has 1 atom stereocenters. The molecule has 2 amide bonds. The number of urea groups is 1. The van der Waals surface area contributed by atoms with Gasteiger partial charge in [-0.15, -0.1) is 29.6 Å². The predicted octanol–water partition coefficient (Wildman–Crippen LogP) is 7.32. The molecule has 2 heterocycles. The molecule has 0 fully saturated rings.